The average molecular weight is 361 g/mol. The fraction of sp³-hybridized carbons (Fsp3) is 0.360. The van der Waals surface area contributed by atoms with Gasteiger partial charge >= 0.3 is 0 Å². The van der Waals surface area contributed by atoms with Crippen molar-refractivity contribution in [1.82, 2.24) is 0 Å². The topological polar surface area (TPSA) is 0 Å². The van der Waals surface area contributed by atoms with Gasteiger partial charge in [0.2, 0.25) is 0 Å². The van der Waals surface area contributed by atoms with Gasteiger partial charge in [-0.3, -0.25) is 0 Å². The van der Waals surface area contributed by atoms with E-state index in [9.17, 15) is 0 Å². The molecule has 136 valence electrons. The smallest absolute Gasteiger partial charge is 0.0654 e. The molecular formula is C25H32Si. The van der Waals surface area contributed by atoms with Crippen LogP contribution in [0.5, 0.6) is 0 Å². The standard InChI is InChI=1S/C25H32Si/c1-6-7-18-25(5)21(4)19(2)20(3)24(25)26(22-14-10-8-11-15-22)23-16-12-9-13-17-23/h8-17,26H,6-7,18H2,1-5H3. The number of hydrogen-bond donors (Lipinski definition) is 0. The van der Waals surface area contributed by atoms with Gasteiger partial charge in [-0.25, -0.2) is 0 Å². The van der Waals surface area contributed by atoms with Gasteiger partial charge in [0.15, 0.2) is 0 Å². The molecule has 2 aromatic rings. The number of unbranched alkanes of at least 4 members (excludes halogenated alkanes) is 1. The molecule has 1 heteroatoms. The van der Waals surface area contributed by atoms with E-state index < -0.39 is 8.80 Å². The van der Waals surface area contributed by atoms with Crippen LogP contribution < -0.4 is 10.4 Å². The SMILES string of the molecule is CCCCC1(C)C(C)=C(C)C(C)=C1[SiH](c1ccccc1)c1ccccc1. The van der Waals surface area contributed by atoms with Crippen LogP contribution >= 0.6 is 0 Å². The Bertz CT molecular complexity index is 774. The lowest BCUT2D eigenvalue weighted by Gasteiger charge is -2.36. The van der Waals surface area contributed by atoms with Crippen molar-refractivity contribution in [1.29, 1.82) is 0 Å². The molecule has 0 spiro atoms. The maximum atomic E-state index is 2.51. The summed E-state index contributed by atoms with van der Waals surface area (Å²) in [7, 11) is -1.47. The minimum Gasteiger partial charge on any atom is -0.0654 e. The Morgan fingerprint density at radius 2 is 1.27 bits per heavy atom. The monoisotopic (exact) mass is 360 g/mol. The summed E-state index contributed by atoms with van der Waals surface area (Å²) in [5.74, 6) is 0. The number of benzene rings is 2. The van der Waals surface area contributed by atoms with Crippen LogP contribution in [-0.4, -0.2) is 8.80 Å². The fourth-order valence-electron chi connectivity index (χ4n) is 4.72. The van der Waals surface area contributed by atoms with E-state index >= 15 is 0 Å². The Morgan fingerprint density at radius 3 is 1.73 bits per heavy atom. The molecule has 1 atom stereocenters. The molecule has 1 unspecified atom stereocenters. The minimum absolute atomic E-state index is 0.215. The first-order chi connectivity index (χ1) is 12.5. The molecule has 0 bridgehead atoms. The molecule has 26 heavy (non-hydrogen) atoms. The molecule has 0 saturated carbocycles. The van der Waals surface area contributed by atoms with Crippen LogP contribution in [0.3, 0.4) is 0 Å². The lowest BCUT2D eigenvalue weighted by atomic mass is 9.80. The Labute approximate surface area is 161 Å². The molecule has 0 nitrogen and oxygen atoms in total. The van der Waals surface area contributed by atoms with Gasteiger partial charge in [0, 0.05) is 5.41 Å². The maximum Gasteiger partial charge on any atom is 0.129 e. The van der Waals surface area contributed by atoms with Crippen LogP contribution in [0, 0.1) is 5.41 Å². The predicted octanol–water partition coefficient (Wildman–Crippen LogP) is 5.43. The molecule has 2 aromatic carbocycles. The van der Waals surface area contributed by atoms with E-state index in [0.717, 1.165) is 0 Å². The van der Waals surface area contributed by atoms with E-state index in [2.05, 4.69) is 95.3 Å². The summed E-state index contributed by atoms with van der Waals surface area (Å²) in [5.41, 5.74) is 4.91. The summed E-state index contributed by atoms with van der Waals surface area (Å²) in [6.07, 6.45) is 3.82. The summed E-state index contributed by atoms with van der Waals surface area (Å²) in [5, 5.41) is 4.83. The molecule has 0 N–H and O–H groups in total. The summed E-state index contributed by atoms with van der Waals surface area (Å²) in [6.45, 7) is 11.9. The zero-order valence-corrected chi connectivity index (χ0v) is 18.1. The van der Waals surface area contributed by atoms with Crippen LogP contribution in [0.1, 0.15) is 53.9 Å². The number of allylic oxidation sites excluding steroid dienone is 4. The zero-order valence-electron chi connectivity index (χ0n) is 17.0. The highest BCUT2D eigenvalue weighted by atomic mass is 28.3. The van der Waals surface area contributed by atoms with Crippen molar-refractivity contribution in [2.75, 3.05) is 0 Å². The normalized spacial score (nSPS) is 20.4. The molecule has 0 fully saturated rings. The fourth-order valence-corrected chi connectivity index (χ4v) is 8.63. The van der Waals surface area contributed by atoms with E-state index in [4.69, 9.17) is 0 Å². The van der Waals surface area contributed by atoms with Gasteiger partial charge < -0.3 is 0 Å². The summed E-state index contributed by atoms with van der Waals surface area (Å²) >= 11 is 0. The van der Waals surface area contributed by atoms with Crippen molar-refractivity contribution in [2.24, 2.45) is 5.41 Å². The molecule has 0 radical (unpaired) electrons. The van der Waals surface area contributed by atoms with E-state index in [-0.39, 0.29) is 5.41 Å². The van der Waals surface area contributed by atoms with E-state index in [1.807, 2.05) is 0 Å². The Morgan fingerprint density at radius 1 is 0.769 bits per heavy atom. The van der Waals surface area contributed by atoms with Crippen molar-refractivity contribution in [2.45, 2.75) is 53.9 Å². The quantitative estimate of drug-likeness (QED) is 0.603. The zero-order chi connectivity index (χ0) is 18.7. The summed E-state index contributed by atoms with van der Waals surface area (Å²) < 4.78 is 0. The van der Waals surface area contributed by atoms with Crippen molar-refractivity contribution in [3.05, 3.63) is 82.6 Å². The molecular weight excluding hydrogens is 328 g/mol. The molecule has 0 aliphatic heterocycles. The largest absolute Gasteiger partial charge is 0.129 e. The second-order valence-electron chi connectivity index (χ2n) is 7.98. The molecule has 1 aliphatic carbocycles. The Kier molecular flexibility index (Phi) is 5.67. The van der Waals surface area contributed by atoms with Gasteiger partial charge in [-0.15, -0.1) is 0 Å². The van der Waals surface area contributed by atoms with Crippen LogP contribution in [0.4, 0.5) is 0 Å². The summed E-state index contributed by atoms with van der Waals surface area (Å²) in [4.78, 5) is 0. The van der Waals surface area contributed by atoms with E-state index in [1.54, 1.807) is 26.7 Å². The van der Waals surface area contributed by atoms with E-state index in [1.165, 1.54) is 24.8 Å². The lowest BCUT2D eigenvalue weighted by Crippen LogP contribution is -2.48. The van der Waals surface area contributed by atoms with Crippen LogP contribution in [0.25, 0.3) is 0 Å². The third-order valence-electron chi connectivity index (χ3n) is 6.54. The van der Waals surface area contributed by atoms with Gasteiger partial charge in [-0.05, 0) is 32.8 Å². The van der Waals surface area contributed by atoms with E-state index in [0.29, 0.717) is 0 Å². The average Bonchev–Trinajstić information content (AvgIpc) is 2.84. The van der Waals surface area contributed by atoms with Crippen molar-refractivity contribution >= 4 is 19.2 Å². The maximum absolute atomic E-state index is 2.51. The molecule has 0 saturated heterocycles. The summed E-state index contributed by atoms with van der Waals surface area (Å²) in [6, 6.07) is 22.5. The molecule has 0 aromatic heterocycles. The first kappa shape index (κ1) is 18.9. The molecule has 0 amide bonds. The van der Waals surface area contributed by atoms with Crippen LogP contribution in [-0.2, 0) is 0 Å². The Balaban J connectivity index is 2.20. The molecule has 3 rings (SSSR count). The van der Waals surface area contributed by atoms with Crippen molar-refractivity contribution < 1.29 is 0 Å². The highest BCUT2D eigenvalue weighted by molar-refractivity contribution is 6.91. The lowest BCUT2D eigenvalue weighted by molar-refractivity contribution is 0.441. The highest BCUT2D eigenvalue weighted by Gasteiger charge is 2.42. The third kappa shape index (κ3) is 3.25. The minimum atomic E-state index is -1.47. The highest BCUT2D eigenvalue weighted by Crippen LogP contribution is 2.50. The predicted molar refractivity (Wildman–Crippen MR) is 118 cm³/mol. The molecule has 0 heterocycles. The van der Waals surface area contributed by atoms with Crippen molar-refractivity contribution in [3.8, 4) is 0 Å². The van der Waals surface area contributed by atoms with Gasteiger partial charge in [0.25, 0.3) is 0 Å². The van der Waals surface area contributed by atoms with Crippen LogP contribution in [0.2, 0.25) is 0 Å². The first-order valence-electron chi connectivity index (χ1n) is 10.00. The number of hydrogen-bond acceptors (Lipinski definition) is 0. The Hall–Kier alpha value is -1.86. The number of rotatable bonds is 6. The van der Waals surface area contributed by atoms with Crippen molar-refractivity contribution in [3.63, 3.8) is 0 Å². The molecule has 1 aliphatic rings. The third-order valence-corrected chi connectivity index (χ3v) is 10.3. The van der Waals surface area contributed by atoms with Gasteiger partial charge in [-0.2, -0.15) is 0 Å². The van der Waals surface area contributed by atoms with Gasteiger partial charge in [0.05, 0.1) is 0 Å². The second kappa shape index (κ2) is 7.80. The van der Waals surface area contributed by atoms with Gasteiger partial charge in [0.1, 0.15) is 8.80 Å². The first-order valence-corrected chi connectivity index (χ1v) is 11.7. The van der Waals surface area contributed by atoms with Gasteiger partial charge in [-0.1, -0.05) is 114 Å². The second-order valence-corrected chi connectivity index (χ2v) is 10.8. The van der Waals surface area contributed by atoms with Crippen LogP contribution in [0.15, 0.2) is 82.6 Å².